The largest absolute Gasteiger partial charge is 0.508 e. The van der Waals surface area contributed by atoms with Gasteiger partial charge in [-0.15, -0.1) is 12.4 Å². The molecule has 0 spiro atoms. The minimum atomic E-state index is -3.72. The Morgan fingerprint density at radius 1 is 0.881 bits per heavy atom. The van der Waals surface area contributed by atoms with E-state index in [-0.39, 0.29) is 39.3 Å². The SMILES string of the molecule is Cl.Cn1cncc1C(CCCN1CCN(S(=O)(=O)c2cccc(O)c2)CC1)(NS(=O)C(C)(C)C)c1ccc(C#N)c(F)c1.O=S(=O)(c1cccc(O)c1)N1CCNCC1. The van der Waals surface area contributed by atoms with Crippen LogP contribution in [0.25, 0.3) is 0 Å². The van der Waals surface area contributed by atoms with Crippen molar-refractivity contribution in [3.8, 4) is 17.6 Å². The fourth-order valence-corrected chi connectivity index (χ4v) is 10.7. The van der Waals surface area contributed by atoms with Crippen molar-refractivity contribution < 1.29 is 35.6 Å². The molecule has 3 heterocycles. The lowest BCUT2D eigenvalue weighted by Gasteiger charge is -2.39. The molecule has 2 aliphatic heterocycles. The first-order chi connectivity index (χ1) is 27.4. The lowest BCUT2D eigenvalue weighted by Crippen LogP contribution is -2.51. The molecule has 0 amide bonds. The minimum absolute atomic E-state index is 0. The van der Waals surface area contributed by atoms with Crippen LogP contribution in [0.1, 0.15) is 50.4 Å². The summed E-state index contributed by atoms with van der Waals surface area (Å²) in [5.74, 6) is -0.792. The zero-order chi connectivity index (χ0) is 42.3. The molecule has 20 heteroatoms. The van der Waals surface area contributed by atoms with Crippen LogP contribution in [0.15, 0.2) is 89.0 Å². The van der Waals surface area contributed by atoms with Crippen LogP contribution in [-0.4, -0.2) is 118 Å². The van der Waals surface area contributed by atoms with Crippen molar-refractivity contribution in [2.45, 2.75) is 53.7 Å². The van der Waals surface area contributed by atoms with E-state index in [1.807, 2.05) is 38.5 Å². The number of halogens is 2. The number of phenols is 2. The first-order valence-corrected chi connectivity index (χ1v) is 22.8. The topological polar surface area (TPSA) is 201 Å². The fourth-order valence-electron chi connectivity index (χ4n) is 6.77. The summed E-state index contributed by atoms with van der Waals surface area (Å²) in [5, 5.41) is 31.4. The van der Waals surface area contributed by atoms with Gasteiger partial charge in [-0.1, -0.05) is 18.2 Å². The van der Waals surface area contributed by atoms with Gasteiger partial charge in [0.2, 0.25) is 20.0 Å². The third-order valence-electron chi connectivity index (χ3n) is 10.0. The molecule has 0 saturated carbocycles. The third-order valence-corrected chi connectivity index (χ3v) is 15.4. The zero-order valence-corrected chi connectivity index (χ0v) is 36.7. The van der Waals surface area contributed by atoms with Gasteiger partial charge in [-0.25, -0.2) is 35.1 Å². The number of imidazole rings is 1. The highest BCUT2D eigenvalue weighted by Gasteiger charge is 2.41. The Bertz CT molecular complexity index is 2340. The molecule has 2 unspecified atom stereocenters. The molecule has 0 aliphatic carbocycles. The average molecular weight is 896 g/mol. The van der Waals surface area contributed by atoms with Crippen LogP contribution in [0, 0.1) is 17.1 Å². The second-order valence-electron chi connectivity index (χ2n) is 15.1. The lowest BCUT2D eigenvalue weighted by molar-refractivity contribution is 0.181. The first kappa shape index (κ1) is 47.7. The summed E-state index contributed by atoms with van der Waals surface area (Å²) in [7, 11) is -6.89. The standard InChI is InChI=1S/C29H37FN6O4S2.C10H14N2O3S.ClH/c1-28(2,3)41(38)33-29(27-20-32-21-34(27)4,23-10-9-22(19-31)26(30)17-23)11-6-12-35-13-15-36(16-14-35)42(39,40)25-8-5-7-24(37)18-25;13-9-2-1-3-10(8-9)16(14,15)12-6-4-11-5-7-12;/h5,7-10,17-18,20-21,33,37H,6,11-16H2,1-4H3;1-3,8,11,13H,4-7H2;1H. The number of hydrogen-bond donors (Lipinski definition) is 4. The molecule has 322 valence electrons. The molecule has 0 bridgehead atoms. The first-order valence-electron chi connectivity index (χ1n) is 18.8. The number of nitrogens with zero attached hydrogens (tertiary/aromatic N) is 6. The molecule has 6 rings (SSSR count). The van der Waals surface area contributed by atoms with Gasteiger partial charge < -0.3 is 25.0 Å². The highest BCUT2D eigenvalue weighted by atomic mass is 35.5. The number of aromatic hydroxyl groups is 2. The van der Waals surface area contributed by atoms with Gasteiger partial charge >= 0.3 is 0 Å². The van der Waals surface area contributed by atoms with E-state index in [1.165, 1.54) is 69.3 Å². The van der Waals surface area contributed by atoms with Crippen LogP contribution in [0.4, 0.5) is 4.39 Å². The van der Waals surface area contributed by atoms with Crippen LogP contribution < -0.4 is 10.0 Å². The Labute approximate surface area is 355 Å². The van der Waals surface area contributed by atoms with E-state index in [0.717, 1.165) is 0 Å². The monoisotopic (exact) mass is 894 g/mol. The zero-order valence-electron chi connectivity index (χ0n) is 33.4. The van der Waals surface area contributed by atoms with Crippen molar-refractivity contribution >= 4 is 43.4 Å². The number of nitrogens with one attached hydrogen (secondary N) is 2. The summed E-state index contributed by atoms with van der Waals surface area (Å²) in [6.45, 7) is 10.1. The van der Waals surface area contributed by atoms with Crippen molar-refractivity contribution in [2.75, 3.05) is 58.9 Å². The highest BCUT2D eigenvalue weighted by Crippen LogP contribution is 2.37. The van der Waals surface area contributed by atoms with Gasteiger partial charge in [-0.2, -0.15) is 13.9 Å². The molecule has 2 atom stereocenters. The number of aromatic nitrogens is 2. The summed E-state index contributed by atoms with van der Waals surface area (Å²) >= 11 is 0. The number of rotatable bonds is 12. The average Bonchev–Trinajstić information content (AvgIpc) is 3.64. The van der Waals surface area contributed by atoms with Gasteiger partial charge in [-0.05, 0) is 94.3 Å². The number of piperazine rings is 2. The molecule has 15 nitrogen and oxygen atoms in total. The van der Waals surface area contributed by atoms with Crippen molar-refractivity contribution in [1.29, 1.82) is 5.26 Å². The smallest absolute Gasteiger partial charge is 0.243 e. The number of aryl methyl sites for hydroxylation is 1. The second-order valence-corrected chi connectivity index (χ2v) is 20.9. The van der Waals surface area contributed by atoms with Crippen molar-refractivity contribution in [3.05, 3.63) is 102 Å². The Hall–Kier alpha value is -3.97. The van der Waals surface area contributed by atoms with Gasteiger partial charge in [0.25, 0.3) is 0 Å². The van der Waals surface area contributed by atoms with Crippen molar-refractivity contribution in [1.82, 2.24) is 33.1 Å². The Morgan fingerprint density at radius 2 is 1.44 bits per heavy atom. The number of hydrogen-bond acceptors (Lipinski definition) is 11. The quantitative estimate of drug-likeness (QED) is 0.162. The molecular formula is C39H52ClFN8O7S3. The Kier molecular flexibility index (Phi) is 16.2. The number of benzene rings is 3. The van der Waals surface area contributed by atoms with Crippen molar-refractivity contribution in [3.63, 3.8) is 0 Å². The maximum absolute atomic E-state index is 15.0. The molecule has 2 aliphatic rings. The molecule has 0 radical (unpaired) electrons. The van der Waals surface area contributed by atoms with E-state index in [2.05, 4.69) is 19.9 Å². The molecule has 3 aromatic carbocycles. The maximum atomic E-state index is 15.0. The molecule has 1 aromatic heterocycles. The fraction of sp³-hybridized carbons (Fsp3) is 0.436. The lowest BCUT2D eigenvalue weighted by atomic mass is 9.83. The van der Waals surface area contributed by atoms with Gasteiger partial charge in [0.1, 0.15) is 23.4 Å². The summed E-state index contributed by atoms with van der Waals surface area (Å²) in [6, 6.07) is 17.7. The van der Waals surface area contributed by atoms with Crippen LogP contribution in [-0.2, 0) is 43.6 Å². The Morgan fingerprint density at radius 3 is 1.92 bits per heavy atom. The van der Waals surface area contributed by atoms with E-state index >= 15 is 0 Å². The molecule has 59 heavy (non-hydrogen) atoms. The van der Waals surface area contributed by atoms with Crippen LogP contribution in [0.2, 0.25) is 0 Å². The summed E-state index contributed by atoms with van der Waals surface area (Å²) in [4.78, 5) is 6.66. The number of nitriles is 1. The van der Waals surface area contributed by atoms with Crippen LogP contribution in [0.3, 0.4) is 0 Å². The minimum Gasteiger partial charge on any atom is -0.508 e. The van der Waals surface area contributed by atoms with E-state index in [9.17, 15) is 40.9 Å². The highest BCUT2D eigenvalue weighted by molar-refractivity contribution is 7.89. The second kappa shape index (κ2) is 20.1. The van der Waals surface area contributed by atoms with Crippen LogP contribution in [0.5, 0.6) is 11.5 Å². The van der Waals surface area contributed by atoms with E-state index < -0.39 is 47.1 Å². The van der Waals surface area contributed by atoms with E-state index in [1.54, 1.807) is 18.6 Å². The number of sulfonamides is 2. The number of phenolic OH excluding ortho intramolecular Hbond substituents is 2. The molecule has 4 aromatic rings. The molecular weight excluding hydrogens is 843 g/mol. The molecule has 2 saturated heterocycles. The molecule has 4 N–H and O–H groups in total. The Balaban J connectivity index is 0.000000377. The summed E-state index contributed by atoms with van der Waals surface area (Å²) < 4.78 is 86.3. The summed E-state index contributed by atoms with van der Waals surface area (Å²) in [5.41, 5.74) is 0.0696. The van der Waals surface area contributed by atoms with Crippen molar-refractivity contribution in [2.24, 2.45) is 7.05 Å². The predicted octanol–water partition coefficient (Wildman–Crippen LogP) is 3.63. The normalized spacial score (nSPS) is 17.4. The predicted molar refractivity (Wildman–Crippen MR) is 226 cm³/mol. The van der Waals surface area contributed by atoms with Gasteiger partial charge in [-0.3, -0.25) is 0 Å². The van der Waals surface area contributed by atoms with E-state index in [0.29, 0.717) is 83.0 Å². The third kappa shape index (κ3) is 11.4. The van der Waals surface area contributed by atoms with Crippen LogP contribution >= 0.6 is 12.4 Å². The van der Waals surface area contributed by atoms with E-state index in [4.69, 9.17) is 0 Å². The van der Waals surface area contributed by atoms with Gasteiger partial charge in [0.05, 0.1) is 54.8 Å². The summed E-state index contributed by atoms with van der Waals surface area (Å²) in [6.07, 6.45) is 4.36. The maximum Gasteiger partial charge on any atom is 0.243 e. The van der Waals surface area contributed by atoms with Gasteiger partial charge in [0.15, 0.2) is 0 Å². The van der Waals surface area contributed by atoms with Gasteiger partial charge in [0, 0.05) is 59.4 Å². The molecule has 2 fully saturated rings.